The quantitative estimate of drug-likeness (QED) is 0.552. The van der Waals surface area contributed by atoms with E-state index in [2.05, 4.69) is 15.2 Å². The number of pyridine rings is 1. The van der Waals surface area contributed by atoms with Crippen molar-refractivity contribution in [2.45, 2.75) is 24.9 Å². The Hall–Kier alpha value is -3.59. The smallest absolute Gasteiger partial charge is 0.342 e. The molecule has 0 spiro atoms. The lowest BCUT2D eigenvalue weighted by Crippen LogP contribution is -2.59. The maximum absolute atomic E-state index is 13.9. The summed E-state index contributed by atoms with van der Waals surface area (Å²) in [5, 5.41) is 15.8. The van der Waals surface area contributed by atoms with Crippen LogP contribution in [0.5, 0.6) is 0 Å². The highest BCUT2D eigenvalue weighted by Crippen LogP contribution is 2.34. The predicted molar refractivity (Wildman–Crippen MR) is 110 cm³/mol. The lowest BCUT2D eigenvalue weighted by atomic mass is 10.0. The van der Waals surface area contributed by atoms with Gasteiger partial charge in [-0.25, -0.2) is 4.98 Å². The zero-order valence-corrected chi connectivity index (χ0v) is 17.5. The molecule has 0 amide bonds. The number of aromatic nitrogens is 3. The van der Waals surface area contributed by atoms with E-state index in [4.69, 9.17) is 5.26 Å². The van der Waals surface area contributed by atoms with Crippen LogP contribution in [0, 0.1) is 11.3 Å². The Morgan fingerprint density at radius 3 is 2.32 bits per heavy atom. The average molecular weight is 480 g/mol. The molecule has 1 saturated heterocycles. The van der Waals surface area contributed by atoms with Gasteiger partial charge in [0.1, 0.15) is 11.9 Å². The van der Waals surface area contributed by atoms with Gasteiger partial charge in [-0.2, -0.15) is 36.7 Å². The molecule has 1 aliphatic heterocycles. The van der Waals surface area contributed by atoms with Crippen LogP contribution in [-0.4, -0.2) is 51.9 Å². The van der Waals surface area contributed by atoms with Crippen LogP contribution in [0.2, 0.25) is 0 Å². The zero-order valence-electron chi connectivity index (χ0n) is 17.5. The van der Waals surface area contributed by atoms with E-state index in [0.29, 0.717) is 23.0 Å². The average Bonchev–Trinajstić information content (AvgIpc) is 3.26. The van der Waals surface area contributed by atoms with E-state index in [-0.39, 0.29) is 32.0 Å². The first-order valence-corrected chi connectivity index (χ1v) is 10.2. The second kappa shape index (κ2) is 8.98. The van der Waals surface area contributed by atoms with Gasteiger partial charge in [0.2, 0.25) is 0 Å². The third kappa shape index (κ3) is 4.99. The molecule has 1 fully saturated rings. The number of H-pyrrole nitrogens is 1. The van der Waals surface area contributed by atoms with E-state index in [1.165, 1.54) is 0 Å². The van der Waals surface area contributed by atoms with Gasteiger partial charge < -0.3 is 4.90 Å². The summed E-state index contributed by atoms with van der Waals surface area (Å²) in [6, 6.07) is 8.51. The van der Waals surface area contributed by atoms with Crippen LogP contribution in [0.4, 0.5) is 32.2 Å². The molecule has 0 aliphatic carbocycles. The first kappa shape index (κ1) is 23.6. The van der Waals surface area contributed by atoms with Gasteiger partial charge in [0.05, 0.1) is 29.1 Å². The van der Waals surface area contributed by atoms with Gasteiger partial charge in [0, 0.05) is 37.9 Å². The van der Waals surface area contributed by atoms with E-state index < -0.39 is 24.0 Å². The van der Waals surface area contributed by atoms with Gasteiger partial charge >= 0.3 is 12.4 Å². The van der Waals surface area contributed by atoms with Crippen molar-refractivity contribution in [3.63, 3.8) is 0 Å². The summed E-state index contributed by atoms with van der Waals surface area (Å²) in [4.78, 5) is 6.27. The molecule has 2 aromatic heterocycles. The second-order valence-electron chi connectivity index (χ2n) is 7.85. The van der Waals surface area contributed by atoms with E-state index in [1.54, 1.807) is 35.4 Å². The predicted octanol–water partition coefficient (Wildman–Crippen LogP) is 4.62. The van der Waals surface area contributed by atoms with Crippen molar-refractivity contribution in [2.75, 3.05) is 24.5 Å². The van der Waals surface area contributed by atoms with E-state index in [9.17, 15) is 26.3 Å². The number of nitriles is 1. The number of hydrogen-bond donors (Lipinski definition) is 1. The van der Waals surface area contributed by atoms with Gasteiger partial charge in [0.15, 0.2) is 0 Å². The van der Waals surface area contributed by atoms with Crippen molar-refractivity contribution < 1.29 is 26.3 Å². The molecule has 178 valence electrons. The van der Waals surface area contributed by atoms with Crippen LogP contribution in [0.1, 0.15) is 16.7 Å². The molecule has 6 nitrogen and oxygen atoms in total. The minimum atomic E-state index is -4.62. The zero-order chi connectivity index (χ0) is 24.5. The monoisotopic (exact) mass is 480 g/mol. The lowest BCUT2D eigenvalue weighted by molar-refractivity contribution is -0.157. The Bertz CT molecular complexity index is 1160. The van der Waals surface area contributed by atoms with Gasteiger partial charge in [-0.1, -0.05) is 12.1 Å². The molecule has 3 aromatic rings. The molecule has 34 heavy (non-hydrogen) atoms. The number of benzene rings is 1. The van der Waals surface area contributed by atoms with E-state index in [1.807, 2.05) is 6.07 Å². The van der Waals surface area contributed by atoms with Gasteiger partial charge in [-0.3, -0.25) is 10.00 Å². The van der Waals surface area contributed by atoms with E-state index in [0.717, 1.165) is 22.6 Å². The van der Waals surface area contributed by atoms with Crippen LogP contribution in [-0.2, 0) is 12.7 Å². The number of halogens is 6. The van der Waals surface area contributed by atoms with E-state index >= 15 is 0 Å². The Morgan fingerprint density at radius 2 is 1.74 bits per heavy atom. The summed E-state index contributed by atoms with van der Waals surface area (Å²) in [6.45, 7) is -0.0171. The molecule has 0 saturated carbocycles. The highest BCUT2D eigenvalue weighted by molar-refractivity contribution is 5.63. The normalized spacial score (nSPS) is 17.6. The van der Waals surface area contributed by atoms with Gasteiger partial charge in [-0.15, -0.1) is 0 Å². The molecular weight excluding hydrogens is 462 g/mol. The summed E-state index contributed by atoms with van der Waals surface area (Å²) in [5.41, 5.74) is 1.53. The largest absolute Gasteiger partial charge is 0.417 e. The summed E-state index contributed by atoms with van der Waals surface area (Å²) >= 11 is 0. The molecule has 1 unspecified atom stereocenters. The second-order valence-corrected chi connectivity index (χ2v) is 7.85. The highest BCUT2D eigenvalue weighted by atomic mass is 19.4. The van der Waals surface area contributed by atoms with Crippen molar-refractivity contribution in [3.8, 4) is 17.3 Å². The van der Waals surface area contributed by atoms with Crippen molar-refractivity contribution in [2.24, 2.45) is 0 Å². The summed E-state index contributed by atoms with van der Waals surface area (Å²) in [7, 11) is 0. The number of hydrogen-bond acceptors (Lipinski definition) is 5. The molecule has 0 bridgehead atoms. The molecular formula is C22H18F6N6. The number of nitrogens with one attached hydrogen (secondary N) is 1. The Kier molecular flexibility index (Phi) is 6.22. The molecule has 3 heterocycles. The third-order valence-electron chi connectivity index (χ3n) is 5.63. The van der Waals surface area contributed by atoms with Crippen LogP contribution in [0.25, 0.3) is 11.3 Å². The maximum Gasteiger partial charge on any atom is 0.417 e. The number of anilines is 1. The van der Waals surface area contributed by atoms with Crippen LogP contribution >= 0.6 is 0 Å². The minimum Gasteiger partial charge on any atom is -0.342 e. The fourth-order valence-electron chi connectivity index (χ4n) is 3.89. The molecule has 1 N–H and O–H groups in total. The topological polar surface area (TPSA) is 71.8 Å². The Morgan fingerprint density at radius 1 is 1.00 bits per heavy atom. The lowest BCUT2D eigenvalue weighted by Gasteiger charge is -2.42. The molecule has 0 radical (unpaired) electrons. The van der Waals surface area contributed by atoms with Crippen LogP contribution in [0.15, 0.2) is 48.8 Å². The van der Waals surface area contributed by atoms with Crippen LogP contribution in [0.3, 0.4) is 0 Å². The summed E-state index contributed by atoms with van der Waals surface area (Å²) in [5.74, 6) is -0.156. The molecule has 1 atom stereocenters. The van der Waals surface area contributed by atoms with Gasteiger partial charge in [-0.05, 0) is 29.8 Å². The molecule has 4 rings (SSSR count). The number of alkyl halides is 6. The molecule has 1 aromatic carbocycles. The fourth-order valence-corrected chi connectivity index (χ4v) is 3.89. The van der Waals surface area contributed by atoms with Crippen LogP contribution < -0.4 is 4.90 Å². The van der Waals surface area contributed by atoms with Gasteiger partial charge in [0.25, 0.3) is 0 Å². The van der Waals surface area contributed by atoms with Crippen molar-refractivity contribution in [1.82, 2.24) is 20.1 Å². The number of rotatable bonds is 4. The number of aromatic amines is 1. The third-order valence-corrected chi connectivity index (χ3v) is 5.63. The Balaban J connectivity index is 1.52. The summed E-state index contributed by atoms with van der Waals surface area (Å²) in [6.07, 6.45) is -7.15. The summed E-state index contributed by atoms with van der Waals surface area (Å²) < 4.78 is 80.0. The van der Waals surface area contributed by atoms with Crippen molar-refractivity contribution in [1.29, 1.82) is 5.26 Å². The standard InChI is InChI=1S/C22H18F6N6/c23-21(24,25)17-5-6-19(30-11-17)34-8-7-33(13-18(34)22(26,27)28)12-16-10-31-32-20(16)15-3-1-14(9-29)2-4-15/h1-6,10-11,18H,7-8,12-13H2,(H,31,32). The first-order valence-electron chi connectivity index (χ1n) is 10.2. The number of piperazine rings is 1. The highest BCUT2D eigenvalue weighted by Gasteiger charge is 2.47. The first-order chi connectivity index (χ1) is 16.1. The Labute approximate surface area is 190 Å². The number of nitrogens with zero attached hydrogens (tertiary/aromatic N) is 5. The fraction of sp³-hybridized carbons (Fsp3) is 0.318. The molecule has 1 aliphatic rings. The van der Waals surface area contributed by atoms with Crippen molar-refractivity contribution in [3.05, 3.63) is 65.5 Å². The SMILES string of the molecule is N#Cc1ccc(-c2[nH]ncc2CN2CCN(c3ccc(C(F)(F)F)cn3)C(C(F)(F)F)C2)cc1. The van der Waals surface area contributed by atoms with Crippen molar-refractivity contribution >= 4 is 5.82 Å². The maximum atomic E-state index is 13.9. The molecule has 12 heteroatoms. The minimum absolute atomic E-state index is 0.0629.